The lowest BCUT2D eigenvalue weighted by Crippen LogP contribution is -2.38. The number of fused-ring (bicyclic) bond motifs is 2. The van der Waals surface area contributed by atoms with Gasteiger partial charge in [-0.15, -0.1) is 0 Å². The van der Waals surface area contributed by atoms with Crippen molar-refractivity contribution in [2.75, 3.05) is 20.8 Å². The standard InChI is InChI=1S/C33H49N3O8/c1-8-9-10-14-35-28-23-15-19(2)16-27(43-7)29(38)21(4)17-22(5)31(44-33(34)41)26(42-6)13-11-12-20(3)32(40)36-24(30(23)39)18-25(28)37/h11-13,17-19,21,26-27,29,31,35,38H,8-10,14-16H2,1-7H3,(H2,34,41)(H,36,40)/b13-11-,20-12+,22-17+/t19-,21+,26+,27+,29-,31+/m1/s1. The van der Waals surface area contributed by atoms with E-state index in [1.807, 2.05) is 13.8 Å². The van der Waals surface area contributed by atoms with Crippen LogP contribution in [0.1, 0.15) is 66.7 Å². The molecule has 0 aromatic heterocycles. The minimum atomic E-state index is -0.994. The summed E-state index contributed by atoms with van der Waals surface area (Å²) < 4.78 is 16.6. The van der Waals surface area contributed by atoms with Crippen LogP contribution < -0.4 is 16.4 Å². The number of carbonyl (C=O) groups excluding carboxylic acids is 4. The molecule has 1 aliphatic heterocycles. The average molecular weight is 616 g/mol. The van der Waals surface area contributed by atoms with Gasteiger partial charge in [0, 0.05) is 43.9 Å². The predicted molar refractivity (Wildman–Crippen MR) is 167 cm³/mol. The number of hydrogen-bond donors (Lipinski definition) is 4. The molecule has 44 heavy (non-hydrogen) atoms. The van der Waals surface area contributed by atoms with E-state index in [1.165, 1.54) is 20.3 Å². The Kier molecular flexibility index (Phi) is 14.7. The molecule has 0 aromatic rings. The molecule has 11 heteroatoms. The quantitative estimate of drug-likeness (QED) is 0.181. The highest BCUT2D eigenvalue weighted by molar-refractivity contribution is 6.23. The molecule has 0 radical (unpaired) electrons. The molecule has 2 aliphatic rings. The van der Waals surface area contributed by atoms with Gasteiger partial charge in [0.05, 0.1) is 23.6 Å². The van der Waals surface area contributed by atoms with Gasteiger partial charge in [-0.2, -0.15) is 0 Å². The van der Waals surface area contributed by atoms with Crippen LogP contribution in [-0.4, -0.2) is 73.9 Å². The number of allylic oxidation sites excluding steroid dienone is 4. The molecule has 0 aromatic carbocycles. The minimum Gasteiger partial charge on any atom is -0.439 e. The second kappa shape index (κ2) is 17.7. The fourth-order valence-corrected chi connectivity index (χ4v) is 5.37. The average Bonchev–Trinajstić information content (AvgIpc) is 2.97. The zero-order valence-electron chi connectivity index (χ0n) is 27.0. The molecule has 1 aliphatic carbocycles. The Morgan fingerprint density at radius 1 is 1.14 bits per heavy atom. The van der Waals surface area contributed by atoms with E-state index in [4.69, 9.17) is 19.9 Å². The molecule has 0 fully saturated rings. The monoisotopic (exact) mass is 615 g/mol. The molecule has 0 saturated heterocycles. The second-order valence-electron chi connectivity index (χ2n) is 11.6. The van der Waals surface area contributed by atoms with Gasteiger partial charge in [0.15, 0.2) is 6.10 Å². The van der Waals surface area contributed by atoms with Crippen molar-refractivity contribution in [1.29, 1.82) is 0 Å². The lowest BCUT2D eigenvalue weighted by Gasteiger charge is -2.30. The summed E-state index contributed by atoms with van der Waals surface area (Å²) in [4.78, 5) is 51.7. The number of hydrogen-bond acceptors (Lipinski definition) is 9. The maximum Gasteiger partial charge on any atom is 0.405 e. The summed E-state index contributed by atoms with van der Waals surface area (Å²) in [5, 5.41) is 17.1. The molecule has 11 nitrogen and oxygen atoms in total. The number of unbranched alkanes of at least 4 members (excludes halogenated alkanes) is 2. The van der Waals surface area contributed by atoms with Gasteiger partial charge in [-0.25, -0.2) is 4.79 Å². The van der Waals surface area contributed by atoms with E-state index in [1.54, 1.807) is 32.1 Å². The van der Waals surface area contributed by atoms with Crippen LogP contribution in [0.25, 0.3) is 0 Å². The Bertz CT molecular complexity index is 1220. The molecule has 1 heterocycles. The van der Waals surface area contributed by atoms with E-state index in [-0.39, 0.29) is 35.1 Å². The number of carbonyl (C=O) groups is 4. The molecule has 0 saturated carbocycles. The van der Waals surface area contributed by atoms with Crippen molar-refractivity contribution in [1.82, 2.24) is 10.6 Å². The Hall–Kier alpha value is -3.54. The van der Waals surface area contributed by atoms with E-state index in [2.05, 4.69) is 17.6 Å². The van der Waals surface area contributed by atoms with Crippen molar-refractivity contribution in [2.45, 2.75) is 91.1 Å². The van der Waals surface area contributed by atoms with Gasteiger partial charge in [0.2, 0.25) is 11.6 Å². The summed E-state index contributed by atoms with van der Waals surface area (Å²) in [7, 11) is 2.94. The molecule has 0 spiro atoms. The third-order valence-corrected chi connectivity index (χ3v) is 7.88. The van der Waals surface area contributed by atoms with E-state index >= 15 is 0 Å². The number of Topliss-reactive ketones (excluding diaryl/α,β-unsaturated/α-hetero) is 1. The van der Waals surface area contributed by atoms with Gasteiger partial charge in [0.1, 0.15) is 6.10 Å². The van der Waals surface area contributed by atoms with Gasteiger partial charge in [-0.05, 0) is 44.6 Å². The third kappa shape index (κ3) is 10.3. The third-order valence-electron chi connectivity index (χ3n) is 7.88. The number of rotatable bonds is 8. The molecule has 2 amide bonds. The van der Waals surface area contributed by atoms with Crippen molar-refractivity contribution >= 4 is 23.6 Å². The number of ketones is 2. The molecule has 2 rings (SSSR count). The maximum atomic E-state index is 13.7. The predicted octanol–water partition coefficient (Wildman–Crippen LogP) is 3.54. The SMILES string of the molecule is CCCCCNC1=C2C[C@@H](C)C[C@H](OC)[C@H](O)[C@@H](C)/C=C(\C)[C@H](OC(N)=O)[C@@H](OC)/C=C\C=C(/C)C(=O)NC(=CC1=O)C2=O. The smallest absolute Gasteiger partial charge is 0.405 e. The summed E-state index contributed by atoms with van der Waals surface area (Å²) in [5.74, 6) is -1.99. The van der Waals surface area contributed by atoms with Crippen LogP contribution in [-0.2, 0) is 28.6 Å². The molecule has 2 bridgehead atoms. The number of methoxy groups -OCH3 is 2. The largest absolute Gasteiger partial charge is 0.439 e. The number of nitrogens with two attached hydrogens (primary N) is 1. The van der Waals surface area contributed by atoms with Gasteiger partial charge in [-0.1, -0.05) is 57.9 Å². The highest BCUT2D eigenvalue weighted by Crippen LogP contribution is 2.29. The second-order valence-corrected chi connectivity index (χ2v) is 11.6. The minimum absolute atomic E-state index is 0.0996. The molecular weight excluding hydrogens is 566 g/mol. The number of primary amides is 1. The van der Waals surface area contributed by atoms with E-state index < -0.39 is 48.1 Å². The molecule has 244 valence electrons. The molecular formula is C33H49N3O8. The van der Waals surface area contributed by atoms with Crippen LogP contribution in [0, 0.1) is 11.8 Å². The van der Waals surface area contributed by atoms with Crippen molar-refractivity contribution in [2.24, 2.45) is 17.6 Å². The van der Waals surface area contributed by atoms with Crippen LogP contribution >= 0.6 is 0 Å². The molecule has 6 atom stereocenters. The van der Waals surface area contributed by atoms with Crippen LogP contribution in [0.5, 0.6) is 0 Å². The Labute approximate surface area is 260 Å². The van der Waals surface area contributed by atoms with Crippen LogP contribution in [0.3, 0.4) is 0 Å². The summed E-state index contributed by atoms with van der Waals surface area (Å²) in [5.41, 5.74) is 6.65. The first-order valence-corrected chi connectivity index (χ1v) is 15.2. The fraction of sp³-hybridized carbons (Fsp3) is 0.576. The first-order valence-electron chi connectivity index (χ1n) is 15.2. The Balaban J connectivity index is 2.59. The highest BCUT2D eigenvalue weighted by atomic mass is 16.6. The summed E-state index contributed by atoms with van der Waals surface area (Å²) in [6.45, 7) is 9.66. The van der Waals surface area contributed by atoms with Crippen LogP contribution in [0.4, 0.5) is 4.79 Å². The van der Waals surface area contributed by atoms with Gasteiger partial charge < -0.3 is 35.7 Å². The van der Waals surface area contributed by atoms with Crippen molar-refractivity contribution in [3.8, 4) is 0 Å². The van der Waals surface area contributed by atoms with Gasteiger partial charge in [0.25, 0.3) is 5.91 Å². The summed E-state index contributed by atoms with van der Waals surface area (Å²) in [6, 6.07) is 0. The number of nitrogens with one attached hydrogen (secondary N) is 2. The van der Waals surface area contributed by atoms with Crippen molar-refractivity contribution < 1.29 is 38.5 Å². The highest BCUT2D eigenvalue weighted by Gasteiger charge is 2.33. The summed E-state index contributed by atoms with van der Waals surface area (Å²) in [6.07, 6.45) is 6.81. The fourth-order valence-electron chi connectivity index (χ4n) is 5.37. The van der Waals surface area contributed by atoms with E-state index in [0.29, 0.717) is 24.1 Å². The Morgan fingerprint density at radius 3 is 2.45 bits per heavy atom. The number of ether oxygens (including phenoxy) is 3. The zero-order valence-corrected chi connectivity index (χ0v) is 27.0. The first kappa shape index (κ1) is 36.7. The number of aliphatic hydroxyl groups is 1. The van der Waals surface area contributed by atoms with E-state index in [9.17, 15) is 24.3 Å². The van der Waals surface area contributed by atoms with Crippen molar-refractivity contribution in [3.63, 3.8) is 0 Å². The normalized spacial score (nSPS) is 30.8. The topological polar surface area (TPSA) is 166 Å². The van der Waals surface area contributed by atoms with Crippen molar-refractivity contribution in [3.05, 3.63) is 58.5 Å². The van der Waals surface area contributed by atoms with E-state index in [0.717, 1.165) is 25.3 Å². The number of amides is 2. The zero-order chi connectivity index (χ0) is 33.0. The lowest BCUT2D eigenvalue weighted by molar-refractivity contribution is -0.120. The maximum absolute atomic E-state index is 13.7. The molecule has 5 N–H and O–H groups in total. The van der Waals surface area contributed by atoms with Crippen LogP contribution in [0.2, 0.25) is 0 Å². The lowest BCUT2D eigenvalue weighted by atomic mass is 9.85. The Morgan fingerprint density at radius 2 is 1.84 bits per heavy atom. The number of aliphatic hydroxyl groups excluding tert-OH is 1. The summed E-state index contributed by atoms with van der Waals surface area (Å²) >= 11 is 0. The van der Waals surface area contributed by atoms with Crippen LogP contribution in [0.15, 0.2) is 58.5 Å². The molecule has 0 unspecified atom stereocenters. The van der Waals surface area contributed by atoms with Gasteiger partial charge >= 0.3 is 6.09 Å². The van der Waals surface area contributed by atoms with Gasteiger partial charge in [-0.3, -0.25) is 14.4 Å². The first-order chi connectivity index (χ1) is 20.8.